The summed E-state index contributed by atoms with van der Waals surface area (Å²) in [6.45, 7) is 1.72. The number of carbonyl (C=O) groups is 1. The molecule has 1 amide bonds. The molecule has 3 aromatic carbocycles. The maximum atomic E-state index is 13.9. The van der Waals surface area contributed by atoms with E-state index in [1.807, 2.05) is 55.4 Å². The molecule has 4 aromatic rings. The van der Waals surface area contributed by atoms with Gasteiger partial charge >= 0.3 is 0 Å². The van der Waals surface area contributed by atoms with Gasteiger partial charge in [0.1, 0.15) is 0 Å². The molecule has 5 rings (SSSR count). The van der Waals surface area contributed by atoms with Crippen LogP contribution in [-0.2, 0) is 10.0 Å². The number of fused-ring (bicyclic) bond motifs is 1. The molecule has 0 atom stereocenters. The number of hydrogen-bond acceptors (Lipinski definition) is 6. The van der Waals surface area contributed by atoms with E-state index < -0.39 is 15.6 Å². The van der Waals surface area contributed by atoms with Crippen LogP contribution in [0.15, 0.2) is 99.7 Å². The Morgan fingerprint density at radius 1 is 0.875 bits per heavy atom. The zero-order valence-corrected chi connectivity index (χ0v) is 23.0. The van der Waals surface area contributed by atoms with Gasteiger partial charge in [0.15, 0.2) is 5.49 Å². The second-order valence-corrected chi connectivity index (χ2v) is 11.0. The van der Waals surface area contributed by atoms with Crippen LogP contribution >= 0.6 is 0 Å². The van der Waals surface area contributed by atoms with E-state index in [0.717, 1.165) is 11.3 Å². The summed E-state index contributed by atoms with van der Waals surface area (Å²) in [6.07, 6.45) is 5.31. The van der Waals surface area contributed by atoms with Gasteiger partial charge < -0.3 is 4.90 Å². The van der Waals surface area contributed by atoms with Gasteiger partial charge in [-0.3, -0.25) is 14.2 Å². The summed E-state index contributed by atoms with van der Waals surface area (Å²) >= 11 is 0. The molecule has 0 fully saturated rings. The van der Waals surface area contributed by atoms with Crippen molar-refractivity contribution in [2.24, 2.45) is 10.2 Å². The molecular formula is C30H27N5O4S. The van der Waals surface area contributed by atoms with E-state index in [2.05, 4.69) is 5.10 Å². The Morgan fingerprint density at radius 2 is 1.52 bits per heavy atom. The van der Waals surface area contributed by atoms with E-state index in [0.29, 0.717) is 22.2 Å². The number of benzene rings is 3. The highest BCUT2D eigenvalue weighted by Crippen LogP contribution is 2.21. The predicted molar refractivity (Wildman–Crippen MR) is 156 cm³/mol. The highest BCUT2D eigenvalue weighted by atomic mass is 32.2. The predicted octanol–water partition coefficient (Wildman–Crippen LogP) is 2.55. The molecule has 0 bridgehead atoms. The summed E-state index contributed by atoms with van der Waals surface area (Å²) in [7, 11) is 0.00610. The molecule has 0 radical (unpaired) electrons. The number of primary sulfonamides is 1. The van der Waals surface area contributed by atoms with Gasteiger partial charge in [0.05, 0.1) is 21.8 Å². The highest BCUT2D eigenvalue weighted by Gasteiger charge is 2.30. The first kappa shape index (κ1) is 26.8. The topological polar surface area (TPSA) is 118 Å². The van der Waals surface area contributed by atoms with Crippen LogP contribution in [0, 0.1) is 6.92 Å². The van der Waals surface area contributed by atoms with Gasteiger partial charge in [0.25, 0.3) is 11.5 Å². The quantitative estimate of drug-likeness (QED) is 0.394. The average Bonchev–Trinajstić information content (AvgIpc) is 3.28. The van der Waals surface area contributed by atoms with Crippen molar-refractivity contribution in [3.8, 4) is 5.69 Å². The van der Waals surface area contributed by atoms with Crippen molar-refractivity contribution in [1.29, 1.82) is 0 Å². The van der Waals surface area contributed by atoms with E-state index in [9.17, 15) is 18.0 Å². The van der Waals surface area contributed by atoms with Crippen LogP contribution in [0.5, 0.6) is 0 Å². The lowest BCUT2D eigenvalue weighted by Crippen LogP contribution is -2.45. The Labute approximate surface area is 231 Å². The van der Waals surface area contributed by atoms with E-state index in [4.69, 9.17) is 5.14 Å². The van der Waals surface area contributed by atoms with Gasteiger partial charge in [-0.1, -0.05) is 42.5 Å². The summed E-state index contributed by atoms with van der Waals surface area (Å²) in [5, 5.41) is 11.4. The lowest BCUT2D eigenvalue weighted by molar-refractivity contribution is 0.0994. The molecule has 0 aliphatic carbocycles. The first-order valence-corrected chi connectivity index (χ1v) is 13.9. The van der Waals surface area contributed by atoms with Crippen LogP contribution in [0.3, 0.4) is 0 Å². The molecule has 2 heterocycles. The highest BCUT2D eigenvalue weighted by molar-refractivity contribution is 7.89. The lowest BCUT2D eigenvalue weighted by atomic mass is 10.1. The van der Waals surface area contributed by atoms with E-state index in [-0.39, 0.29) is 21.9 Å². The third kappa shape index (κ3) is 4.97. The molecule has 1 aliphatic heterocycles. The maximum absolute atomic E-state index is 13.9. The summed E-state index contributed by atoms with van der Waals surface area (Å²) in [5.74, 6) is -0.369. The second kappa shape index (κ2) is 10.4. The molecule has 1 aliphatic rings. The molecule has 0 saturated heterocycles. The minimum atomic E-state index is -3.93. The van der Waals surface area contributed by atoms with Crippen molar-refractivity contribution >= 4 is 39.5 Å². The largest absolute Gasteiger partial charge is 0.378 e. The minimum Gasteiger partial charge on any atom is -0.378 e. The number of nitrogens with zero attached hydrogens (tertiary/aromatic N) is 4. The fourth-order valence-electron chi connectivity index (χ4n) is 4.49. The van der Waals surface area contributed by atoms with E-state index >= 15 is 0 Å². The number of amides is 1. The van der Waals surface area contributed by atoms with Gasteiger partial charge in [-0.15, -0.1) is 5.10 Å². The Hall–Kier alpha value is -4.80. The number of sulfonamides is 1. The van der Waals surface area contributed by atoms with Crippen LogP contribution in [-0.4, -0.2) is 33.0 Å². The zero-order valence-electron chi connectivity index (χ0n) is 22.1. The molecule has 202 valence electrons. The van der Waals surface area contributed by atoms with Crippen molar-refractivity contribution in [2.45, 2.75) is 11.8 Å². The minimum absolute atomic E-state index is 0.0954. The number of pyridine rings is 1. The fraction of sp³-hybridized carbons (Fsp3) is 0.100. The Balaban J connectivity index is 1.70. The van der Waals surface area contributed by atoms with Crippen LogP contribution in [0.4, 0.5) is 11.4 Å². The van der Waals surface area contributed by atoms with Crippen molar-refractivity contribution < 1.29 is 13.2 Å². The van der Waals surface area contributed by atoms with E-state index in [1.165, 1.54) is 33.8 Å². The Morgan fingerprint density at radius 3 is 2.12 bits per heavy atom. The summed E-state index contributed by atoms with van der Waals surface area (Å²) in [6, 6.07) is 22.4. The van der Waals surface area contributed by atoms with Crippen LogP contribution in [0.1, 0.15) is 21.5 Å². The van der Waals surface area contributed by atoms with Crippen molar-refractivity contribution in [3.05, 3.63) is 123 Å². The summed E-state index contributed by atoms with van der Waals surface area (Å²) in [4.78, 5) is 29.4. The van der Waals surface area contributed by atoms with Gasteiger partial charge in [-0.25, -0.2) is 13.6 Å². The van der Waals surface area contributed by atoms with Gasteiger partial charge in [0.2, 0.25) is 10.0 Å². The van der Waals surface area contributed by atoms with E-state index in [1.54, 1.807) is 43.3 Å². The second-order valence-electron chi connectivity index (χ2n) is 9.48. The number of allylic oxidation sites excluding steroid dienone is 1. The smallest absolute Gasteiger partial charge is 0.282 e. The van der Waals surface area contributed by atoms with Crippen LogP contribution < -0.4 is 31.3 Å². The molecule has 1 aromatic heterocycles. The van der Waals surface area contributed by atoms with Gasteiger partial charge in [-0.05, 0) is 72.7 Å². The SMILES string of the molecule is Cc1c2c(n(-c3ccc(S(N)(=O)=O)cc3)c(=O)/c1=C\C=Cc1ccc(N(C)C)cc1)=NN(c1ccccc1)C2=O. The number of carbonyl (C=O) groups excluding carboxylic acids is 1. The van der Waals surface area contributed by atoms with Crippen molar-refractivity contribution in [2.75, 3.05) is 24.0 Å². The normalized spacial score (nSPS) is 13.6. The zero-order chi connectivity index (χ0) is 28.6. The third-order valence-corrected chi connectivity index (χ3v) is 7.56. The lowest BCUT2D eigenvalue weighted by Gasteiger charge is -2.12. The number of nitrogens with two attached hydrogens (primary N) is 1. The molecule has 0 spiro atoms. The number of aromatic nitrogens is 1. The average molecular weight is 554 g/mol. The first-order valence-electron chi connectivity index (χ1n) is 12.4. The third-order valence-electron chi connectivity index (χ3n) is 6.63. The number of para-hydroxylation sites is 1. The number of anilines is 2. The summed E-state index contributed by atoms with van der Waals surface area (Å²) < 4.78 is 24.9. The number of rotatable bonds is 6. The molecular weight excluding hydrogens is 526 g/mol. The van der Waals surface area contributed by atoms with Crippen molar-refractivity contribution in [3.63, 3.8) is 0 Å². The van der Waals surface area contributed by atoms with Gasteiger partial charge in [0, 0.05) is 25.0 Å². The monoisotopic (exact) mass is 553 g/mol. The molecule has 10 heteroatoms. The maximum Gasteiger partial charge on any atom is 0.282 e. The van der Waals surface area contributed by atoms with Crippen molar-refractivity contribution in [1.82, 2.24) is 4.57 Å². The Kier molecular flexibility index (Phi) is 6.97. The Bertz CT molecular complexity index is 1930. The van der Waals surface area contributed by atoms with Crippen LogP contribution in [0.2, 0.25) is 0 Å². The standard InChI is InChI=1S/C30H27N5O4S/c1-20-26(11-7-8-21-12-14-22(15-13-21)33(2)3)29(36)34(23-16-18-25(19-17-23)40(31,38)39)28-27(20)30(37)35(32-28)24-9-5-4-6-10-24/h4-19H,1-3H3,(H2,31,38,39)/b8-7?,26-11-. The number of hydrogen-bond donors (Lipinski definition) is 1. The molecule has 0 unspecified atom stereocenters. The fourth-order valence-corrected chi connectivity index (χ4v) is 5.01. The molecule has 9 nitrogen and oxygen atoms in total. The molecule has 2 N–H and O–H groups in total. The molecule has 0 saturated carbocycles. The summed E-state index contributed by atoms with van der Waals surface area (Å²) in [5.41, 5.74) is 3.46. The van der Waals surface area contributed by atoms with Crippen LogP contribution in [0.25, 0.3) is 17.8 Å². The first-order chi connectivity index (χ1) is 19.1. The van der Waals surface area contributed by atoms with Gasteiger partial charge in [-0.2, -0.15) is 5.01 Å². The molecule has 40 heavy (non-hydrogen) atoms.